The van der Waals surface area contributed by atoms with E-state index in [0.717, 1.165) is 21.9 Å². The summed E-state index contributed by atoms with van der Waals surface area (Å²) in [5.41, 5.74) is 2.52. The minimum atomic E-state index is -0.728. The average molecular weight is 250 g/mol. The Balaban J connectivity index is 2.17. The molecule has 1 aromatic carbocycles. The molecule has 0 saturated carbocycles. The number of hydrogen-bond donors (Lipinski definition) is 1. The summed E-state index contributed by atoms with van der Waals surface area (Å²) in [6.45, 7) is 1.95. The van der Waals surface area contributed by atoms with E-state index in [0.29, 0.717) is 5.69 Å². The van der Waals surface area contributed by atoms with Gasteiger partial charge in [-0.3, -0.25) is 9.97 Å². The molecule has 0 amide bonds. The molecule has 3 heteroatoms. The molecule has 94 valence electrons. The zero-order chi connectivity index (χ0) is 13.2. The highest BCUT2D eigenvalue weighted by Gasteiger charge is 2.16. The first kappa shape index (κ1) is 11.8. The van der Waals surface area contributed by atoms with E-state index in [1.54, 1.807) is 18.6 Å². The zero-order valence-electron chi connectivity index (χ0n) is 10.6. The Morgan fingerprint density at radius 3 is 2.79 bits per heavy atom. The van der Waals surface area contributed by atoms with Crippen molar-refractivity contribution in [1.29, 1.82) is 0 Å². The maximum atomic E-state index is 10.6. The Morgan fingerprint density at radius 2 is 1.95 bits per heavy atom. The lowest BCUT2D eigenvalue weighted by Gasteiger charge is -2.14. The highest BCUT2D eigenvalue weighted by Crippen LogP contribution is 2.28. The molecule has 1 N–H and O–H groups in total. The van der Waals surface area contributed by atoms with E-state index in [2.05, 4.69) is 9.97 Å². The van der Waals surface area contributed by atoms with E-state index in [-0.39, 0.29) is 0 Å². The standard InChI is InChI=1S/C16H14N2O/c1-11-4-3-8-18-15(11)16(19)13-6-2-5-12-7-9-17-10-14(12)13/h2-10,16,19H,1H3. The van der Waals surface area contributed by atoms with Crippen molar-refractivity contribution in [3.05, 3.63) is 71.8 Å². The van der Waals surface area contributed by atoms with E-state index >= 15 is 0 Å². The van der Waals surface area contributed by atoms with Gasteiger partial charge in [0.25, 0.3) is 0 Å². The second-order valence-electron chi connectivity index (χ2n) is 4.55. The van der Waals surface area contributed by atoms with Gasteiger partial charge in [0.05, 0.1) is 5.69 Å². The second kappa shape index (κ2) is 4.78. The van der Waals surface area contributed by atoms with Gasteiger partial charge in [-0.2, -0.15) is 0 Å². The SMILES string of the molecule is Cc1cccnc1C(O)c1cccc2ccncc12. The average Bonchev–Trinajstić information content (AvgIpc) is 2.46. The molecule has 1 atom stereocenters. The largest absolute Gasteiger partial charge is 0.382 e. The number of nitrogens with zero attached hydrogens (tertiary/aromatic N) is 2. The van der Waals surface area contributed by atoms with Crippen LogP contribution in [0.4, 0.5) is 0 Å². The fraction of sp³-hybridized carbons (Fsp3) is 0.125. The lowest BCUT2D eigenvalue weighted by atomic mass is 9.98. The number of aryl methyl sites for hydroxylation is 1. The van der Waals surface area contributed by atoms with Crippen LogP contribution in [0.25, 0.3) is 10.8 Å². The molecule has 3 aromatic rings. The fourth-order valence-corrected chi connectivity index (χ4v) is 2.31. The van der Waals surface area contributed by atoms with Gasteiger partial charge >= 0.3 is 0 Å². The van der Waals surface area contributed by atoms with Crippen molar-refractivity contribution in [2.75, 3.05) is 0 Å². The molecule has 0 aliphatic rings. The highest BCUT2D eigenvalue weighted by atomic mass is 16.3. The van der Waals surface area contributed by atoms with Crippen molar-refractivity contribution in [1.82, 2.24) is 9.97 Å². The first-order valence-corrected chi connectivity index (χ1v) is 6.19. The lowest BCUT2D eigenvalue weighted by molar-refractivity contribution is 0.216. The van der Waals surface area contributed by atoms with Gasteiger partial charge in [0.15, 0.2) is 0 Å². The summed E-state index contributed by atoms with van der Waals surface area (Å²) in [7, 11) is 0. The Labute approximate surface area is 111 Å². The molecule has 2 aromatic heterocycles. The molecular weight excluding hydrogens is 236 g/mol. The van der Waals surface area contributed by atoms with E-state index in [4.69, 9.17) is 0 Å². The van der Waals surface area contributed by atoms with E-state index in [1.165, 1.54) is 0 Å². The maximum absolute atomic E-state index is 10.6. The molecule has 0 aliphatic heterocycles. The summed E-state index contributed by atoms with van der Waals surface area (Å²) in [4.78, 5) is 8.43. The molecule has 1 unspecified atom stereocenters. The van der Waals surface area contributed by atoms with Gasteiger partial charge in [0.2, 0.25) is 0 Å². The molecular formula is C16H14N2O. The minimum Gasteiger partial charge on any atom is -0.382 e. The van der Waals surface area contributed by atoms with Crippen LogP contribution in [0.2, 0.25) is 0 Å². The quantitative estimate of drug-likeness (QED) is 0.760. The predicted octanol–water partition coefficient (Wildman–Crippen LogP) is 3.02. The summed E-state index contributed by atoms with van der Waals surface area (Å²) >= 11 is 0. The molecule has 0 fully saturated rings. The first-order valence-electron chi connectivity index (χ1n) is 6.19. The van der Waals surface area contributed by atoms with E-state index < -0.39 is 6.10 Å². The third-order valence-electron chi connectivity index (χ3n) is 3.32. The van der Waals surface area contributed by atoms with Crippen LogP contribution in [0, 0.1) is 6.92 Å². The van der Waals surface area contributed by atoms with Crippen LogP contribution in [0.3, 0.4) is 0 Å². The van der Waals surface area contributed by atoms with E-state index in [9.17, 15) is 5.11 Å². The van der Waals surface area contributed by atoms with Crippen LogP contribution in [0.5, 0.6) is 0 Å². The van der Waals surface area contributed by atoms with Gasteiger partial charge in [-0.05, 0) is 35.6 Å². The fourth-order valence-electron chi connectivity index (χ4n) is 2.31. The van der Waals surface area contributed by atoms with Crippen molar-refractivity contribution in [3.8, 4) is 0 Å². The molecule has 2 heterocycles. The minimum absolute atomic E-state index is 0.693. The Bertz CT molecular complexity index is 719. The smallest absolute Gasteiger partial charge is 0.122 e. The zero-order valence-corrected chi connectivity index (χ0v) is 10.6. The van der Waals surface area contributed by atoms with Crippen molar-refractivity contribution in [2.45, 2.75) is 13.0 Å². The van der Waals surface area contributed by atoms with Gasteiger partial charge < -0.3 is 5.11 Å². The van der Waals surface area contributed by atoms with Crippen molar-refractivity contribution in [2.24, 2.45) is 0 Å². The van der Waals surface area contributed by atoms with Gasteiger partial charge in [-0.15, -0.1) is 0 Å². The van der Waals surface area contributed by atoms with Crippen LogP contribution in [-0.4, -0.2) is 15.1 Å². The Morgan fingerprint density at radius 1 is 1.05 bits per heavy atom. The molecule has 19 heavy (non-hydrogen) atoms. The van der Waals surface area contributed by atoms with Crippen molar-refractivity contribution in [3.63, 3.8) is 0 Å². The molecule has 3 rings (SSSR count). The number of hydrogen-bond acceptors (Lipinski definition) is 3. The van der Waals surface area contributed by atoms with Gasteiger partial charge in [-0.1, -0.05) is 24.3 Å². The van der Waals surface area contributed by atoms with Crippen molar-refractivity contribution >= 4 is 10.8 Å². The van der Waals surface area contributed by atoms with Gasteiger partial charge in [0, 0.05) is 24.0 Å². The Hall–Kier alpha value is -2.26. The number of rotatable bonds is 2. The van der Waals surface area contributed by atoms with Crippen LogP contribution < -0.4 is 0 Å². The normalized spacial score (nSPS) is 12.5. The molecule has 0 saturated heterocycles. The van der Waals surface area contributed by atoms with Crippen LogP contribution >= 0.6 is 0 Å². The summed E-state index contributed by atoms with van der Waals surface area (Å²) in [5, 5.41) is 12.6. The molecule has 0 aliphatic carbocycles. The molecule has 0 spiro atoms. The monoisotopic (exact) mass is 250 g/mol. The number of aliphatic hydroxyl groups is 1. The number of benzene rings is 1. The summed E-state index contributed by atoms with van der Waals surface area (Å²) < 4.78 is 0. The van der Waals surface area contributed by atoms with Crippen molar-refractivity contribution < 1.29 is 5.11 Å². The molecule has 0 bridgehead atoms. The summed E-state index contributed by atoms with van der Waals surface area (Å²) in [5.74, 6) is 0. The third kappa shape index (κ3) is 2.09. The second-order valence-corrected chi connectivity index (χ2v) is 4.55. The van der Waals surface area contributed by atoms with Crippen LogP contribution in [0.1, 0.15) is 22.9 Å². The first-order chi connectivity index (χ1) is 9.27. The van der Waals surface area contributed by atoms with Crippen LogP contribution in [-0.2, 0) is 0 Å². The maximum Gasteiger partial charge on any atom is 0.122 e. The molecule has 3 nitrogen and oxygen atoms in total. The van der Waals surface area contributed by atoms with Crippen LogP contribution in [0.15, 0.2) is 55.0 Å². The molecule has 0 radical (unpaired) electrons. The lowest BCUT2D eigenvalue weighted by Crippen LogP contribution is -2.05. The van der Waals surface area contributed by atoms with Gasteiger partial charge in [-0.25, -0.2) is 0 Å². The third-order valence-corrected chi connectivity index (χ3v) is 3.32. The summed E-state index contributed by atoms with van der Waals surface area (Å²) in [6, 6.07) is 11.6. The number of pyridine rings is 2. The Kier molecular flexibility index (Phi) is 2.97. The number of aliphatic hydroxyl groups excluding tert-OH is 1. The van der Waals surface area contributed by atoms with E-state index in [1.807, 2.05) is 43.3 Å². The number of aromatic nitrogens is 2. The van der Waals surface area contributed by atoms with Gasteiger partial charge in [0.1, 0.15) is 6.10 Å². The highest BCUT2D eigenvalue weighted by molar-refractivity contribution is 5.85. The summed E-state index contributed by atoms with van der Waals surface area (Å²) in [6.07, 6.45) is 4.51. The topological polar surface area (TPSA) is 46.0 Å². The predicted molar refractivity (Wildman–Crippen MR) is 74.8 cm³/mol. The number of fused-ring (bicyclic) bond motifs is 1.